The molecule has 0 fully saturated rings. The lowest BCUT2D eigenvalue weighted by molar-refractivity contribution is 0.0594. The normalized spacial score (nSPS) is 10.8. The summed E-state index contributed by atoms with van der Waals surface area (Å²) in [5.41, 5.74) is 1.36. The molecule has 0 spiro atoms. The fourth-order valence-corrected chi connectivity index (χ4v) is 2.00. The number of nitrogens with one attached hydrogen (secondary N) is 1. The van der Waals surface area contributed by atoms with Gasteiger partial charge in [0.15, 0.2) is 0 Å². The lowest BCUT2D eigenvalue weighted by Crippen LogP contribution is -2.03. The van der Waals surface area contributed by atoms with E-state index in [-0.39, 0.29) is 10.4 Å². The minimum atomic E-state index is -0.484. The molecule has 1 N–H and O–H groups in total. The van der Waals surface area contributed by atoms with Crippen LogP contribution in [0.3, 0.4) is 0 Å². The molecule has 0 aliphatic heterocycles. The van der Waals surface area contributed by atoms with Gasteiger partial charge >= 0.3 is 5.97 Å². The smallest absolute Gasteiger partial charge is 0.354 e. The highest BCUT2D eigenvalue weighted by molar-refractivity contribution is 6.36. The first-order valence-corrected chi connectivity index (χ1v) is 5.09. The molecule has 0 aromatic carbocycles. The van der Waals surface area contributed by atoms with Crippen LogP contribution in [0.25, 0.3) is 11.0 Å². The molecule has 0 unspecified atom stereocenters. The average molecular weight is 260 g/mol. The van der Waals surface area contributed by atoms with Crippen LogP contribution in [0.15, 0.2) is 0 Å². The first-order valence-electron chi connectivity index (χ1n) is 4.34. The maximum Gasteiger partial charge on any atom is 0.354 e. The second kappa shape index (κ2) is 3.92. The predicted molar refractivity (Wildman–Crippen MR) is 60.0 cm³/mol. The van der Waals surface area contributed by atoms with Crippen molar-refractivity contribution in [3.63, 3.8) is 0 Å². The van der Waals surface area contributed by atoms with Crippen molar-refractivity contribution in [2.75, 3.05) is 7.11 Å². The Hall–Kier alpha value is -1.33. The van der Waals surface area contributed by atoms with Crippen molar-refractivity contribution >= 4 is 40.2 Å². The molecule has 2 rings (SSSR count). The lowest BCUT2D eigenvalue weighted by Gasteiger charge is -1.96. The number of fused-ring (bicyclic) bond motifs is 1. The van der Waals surface area contributed by atoms with Gasteiger partial charge in [0.1, 0.15) is 16.5 Å². The van der Waals surface area contributed by atoms with Crippen molar-refractivity contribution in [3.8, 4) is 0 Å². The van der Waals surface area contributed by atoms with E-state index in [4.69, 9.17) is 23.2 Å². The summed E-state index contributed by atoms with van der Waals surface area (Å²) in [4.78, 5) is 22.0. The summed E-state index contributed by atoms with van der Waals surface area (Å²) in [5.74, 6) is -0.484. The van der Waals surface area contributed by atoms with E-state index in [2.05, 4.69) is 19.7 Å². The minimum absolute atomic E-state index is 0.0233. The summed E-state index contributed by atoms with van der Waals surface area (Å²) in [6.45, 7) is 1.73. The van der Waals surface area contributed by atoms with Crippen LogP contribution in [0.5, 0.6) is 0 Å². The number of methoxy groups -OCH3 is 1. The summed E-state index contributed by atoms with van der Waals surface area (Å²) in [7, 11) is 1.30. The van der Waals surface area contributed by atoms with E-state index in [0.717, 1.165) is 0 Å². The third-order valence-corrected chi connectivity index (χ3v) is 2.66. The molecular formula is C9H7Cl2N3O2. The van der Waals surface area contributed by atoms with E-state index in [1.807, 2.05) is 0 Å². The number of H-pyrrole nitrogens is 1. The number of aromatic nitrogens is 3. The number of carbonyl (C=O) groups is 1. The zero-order chi connectivity index (χ0) is 11.9. The fraction of sp³-hybridized carbons (Fsp3) is 0.222. The molecule has 0 aliphatic rings. The Morgan fingerprint density at radius 2 is 2.06 bits per heavy atom. The highest BCUT2D eigenvalue weighted by Gasteiger charge is 2.19. The Balaban J connectivity index is 2.78. The second-order valence-electron chi connectivity index (χ2n) is 3.12. The number of aromatic amines is 1. The monoisotopic (exact) mass is 259 g/mol. The van der Waals surface area contributed by atoms with Gasteiger partial charge in [0, 0.05) is 0 Å². The number of aryl methyl sites for hydroxylation is 1. The van der Waals surface area contributed by atoms with Gasteiger partial charge in [-0.1, -0.05) is 11.6 Å². The van der Waals surface area contributed by atoms with E-state index in [0.29, 0.717) is 22.3 Å². The molecule has 0 bridgehead atoms. The molecule has 2 aromatic heterocycles. The topological polar surface area (TPSA) is 67.9 Å². The zero-order valence-electron chi connectivity index (χ0n) is 8.47. The Labute approximate surface area is 101 Å². The van der Waals surface area contributed by atoms with Crippen molar-refractivity contribution in [3.05, 3.63) is 21.7 Å². The quantitative estimate of drug-likeness (QED) is 0.485. The van der Waals surface area contributed by atoms with Gasteiger partial charge in [0.05, 0.1) is 12.5 Å². The third kappa shape index (κ3) is 1.62. The van der Waals surface area contributed by atoms with Crippen LogP contribution in [-0.2, 0) is 4.74 Å². The Morgan fingerprint density at radius 1 is 1.38 bits per heavy atom. The van der Waals surface area contributed by atoms with E-state index in [1.54, 1.807) is 6.92 Å². The number of rotatable bonds is 1. The van der Waals surface area contributed by atoms with E-state index in [9.17, 15) is 4.79 Å². The Morgan fingerprint density at radius 3 is 2.69 bits per heavy atom. The highest BCUT2D eigenvalue weighted by Crippen LogP contribution is 2.27. The zero-order valence-corrected chi connectivity index (χ0v) is 9.98. The van der Waals surface area contributed by atoms with Crippen molar-refractivity contribution in [2.45, 2.75) is 6.92 Å². The van der Waals surface area contributed by atoms with Gasteiger partial charge in [-0.15, -0.1) is 0 Å². The summed E-state index contributed by atoms with van der Waals surface area (Å²) in [6, 6.07) is 0. The van der Waals surface area contributed by atoms with Crippen molar-refractivity contribution in [1.29, 1.82) is 0 Å². The molecule has 2 aromatic rings. The third-order valence-electron chi connectivity index (χ3n) is 2.22. The van der Waals surface area contributed by atoms with Gasteiger partial charge < -0.3 is 9.72 Å². The van der Waals surface area contributed by atoms with Gasteiger partial charge in [0.25, 0.3) is 0 Å². The Kier molecular flexibility index (Phi) is 2.73. The number of hydrogen-bond donors (Lipinski definition) is 1. The van der Waals surface area contributed by atoms with Gasteiger partial charge in [-0.2, -0.15) is 4.98 Å². The molecule has 2 heterocycles. The average Bonchev–Trinajstić information content (AvgIpc) is 2.54. The number of hydrogen-bond acceptors (Lipinski definition) is 4. The van der Waals surface area contributed by atoms with Crippen LogP contribution >= 0.6 is 23.2 Å². The highest BCUT2D eigenvalue weighted by atomic mass is 35.5. The summed E-state index contributed by atoms with van der Waals surface area (Å²) < 4.78 is 4.62. The maximum absolute atomic E-state index is 11.4. The number of esters is 1. The minimum Gasteiger partial charge on any atom is -0.464 e. The van der Waals surface area contributed by atoms with Crippen LogP contribution in [-0.4, -0.2) is 28.0 Å². The van der Waals surface area contributed by atoms with Crippen LogP contribution < -0.4 is 0 Å². The van der Waals surface area contributed by atoms with Crippen LogP contribution in [0, 0.1) is 6.92 Å². The molecule has 0 saturated carbocycles. The summed E-state index contributed by atoms with van der Waals surface area (Å²) in [5, 5.41) is 0.806. The number of carbonyl (C=O) groups excluding carboxylic acids is 1. The van der Waals surface area contributed by atoms with E-state index in [1.165, 1.54) is 7.11 Å². The second-order valence-corrected chi connectivity index (χ2v) is 3.82. The molecule has 16 heavy (non-hydrogen) atoms. The molecule has 5 nitrogen and oxygen atoms in total. The van der Waals surface area contributed by atoms with Crippen molar-refractivity contribution in [1.82, 2.24) is 15.0 Å². The summed E-state index contributed by atoms with van der Waals surface area (Å²) >= 11 is 11.6. The molecule has 7 heteroatoms. The van der Waals surface area contributed by atoms with E-state index >= 15 is 0 Å². The predicted octanol–water partition coefficient (Wildman–Crippen LogP) is 2.36. The molecule has 0 aliphatic carbocycles. The molecule has 0 radical (unpaired) electrons. The standard InChI is InChI=1S/C9H7Cl2N3O2/c1-3-4-6(10)13-9(11)14-7(4)12-5(3)8(15)16-2/h1-2H3,(H,12,13,14). The van der Waals surface area contributed by atoms with Crippen molar-refractivity contribution in [2.24, 2.45) is 0 Å². The van der Waals surface area contributed by atoms with Crippen LogP contribution in [0.2, 0.25) is 10.4 Å². The first-order chi connectivity index (χ1) is 7.54. The van der Waals surface area contributed by atoms with Crippen LogP contribution in [0.1, 0.15) is 16.1 Å². The van der Waals surface area contributed by atoms with Crippen LogP contribution in [0.4, 0.5) is 0 Å². The number of halogens is 2. The summed E-state index contributed by atoms with van der Waals surface area (Å²) in [6.07, 6.45) is 0. The number of ether oxygens (including phenoxy) is 1. The van der Waals surface area contributed by atoms with Crippen molar-refractivity contribution < 1.29 is 9.53 Å². The Bertz CT molecular complexity index is 580. The fourth-order valence-electron chi connectivity index (χ4n) is 1.47. The SMILES string of the molecule is COC(=O)c1[nH]c2nc(Cl)nc(Cl)c2c1C. The van der Waals surface area contributed by atoms with Gasteiger partial charge in [-0.05, 0) is 24.1 Å². The van der Waals surface area contributed by atoms with Gasteiger partial charge in [0.2, 0.25) is 5.28 Å². The van der Waals surface area contributed by atoms with Gasteiger partial charge in [-0.25, -0.2) is 9.78 Å². The maximum atomic E-state index is 11.4. The molecular weight excluding hydrogens is 253 g/mol. The largest absolute Gasteiger partial charge is 0.464 e. The molecule has 0 amide bonds. The number of nitrogens with zero attached hydrogens (tertiary/aromatic N) is 2. The van der Waals surface area contributed by atoms with E-state index < -0.39 is 5.97 Å². The van der Waals surface area contributed by atoms with Gasteiger partial charge in [-0.3, -0.25) is 0 Å². The lowest BCUT2D eigenvalue weighted by atomic mass is 10.2. The molecule has 0 atom stereocenters. The molecule has 84 valence electrons. The molecule has 0 saturated heterocycles. The first kappa shape index (κ1) is 11.2.